The summed E-state index contributed by atoms with van der Waals surface area (Å²) in [5, 5.41) is 0. The second-order valence-electron chi connectivity index (χ2n) is 6.72. The molecule has 25 heavy (non-hydrogen) atoms. The van der Waals surface area contributed by atoms with Crippen LogP contribution in [0.2, 0.25) is 0 Å². The number of esters is 1. The van der Waals surface area contributed by atoms with Crippen LogP contribution in [0.5, 0.6) is 0 Å². The van der Waals surface area contributed by atoms with E-state index >= 15 is 0 Å². The molecular formula is C19H25NO4S. The average Bonchev–Trinajstić information content (AvgIpc) is 2.67. The minimum atomic E-state index is -3.68. The van der Waals surface area contributed by atoms with Gasteiger partial charge < -0.3 is 4.74 Å². The van der Waals surface area contributed by atoms with Crippen molar-refractivity contribution >= 4 is 16.0 Å². The van der Waals surface area contributed by atoms with Crippen LogP contribution in [-0.4, -0.2) is 37.9 Å². The van der Waals surface area contributed by atoms with Crippen LogP contribution in [0.3, 0.4) is 0 Å². The van der Waals surface area contributed by atoms with Crippen LogP contribution in [0, 0.1) is 5.92 Å². The number of allylic oxidation sites excluding steroid dienone is 2. The Bertz CT molecular complexity index is 714. The maximum Gasteiger partial charge on any atom is 0.324 e. The van der Waals surface area contributed by atoms with E-state index in [1.54, 1.807) is 30.3 Å². The molecule has 1 saturated heterocycles. The van der Waals surface area contributed by atoms with E-state index in [1.165, 1.54) is 4.31 Å². The molecule has 0 saturated carbocycles. The van der Waals surface area contributed by atoms with Crippen LogP contribution >= 0.6 is 0 Å². The number of rotatable bonds is 5. The van der Waals surface area contributed by atoms with E-state index in [0.29, 0.717) is 25.5 Å². The van der Waals surface area contributed by atoms with Gasteiger partial charge in [0.1, 0.15) is 6.04 Å². The summed E-state index contributed by atoms with van der Waals surface area (Å²) >= 11 is 0. The Morgan fingerprint density at radius 2 is 1.92 bits per heavy atom. The number of hydrogen-bond donors (Lipinski definition) is 0. The third-order valence-electron chi connectivity index (χ3n) is 4.91. The first-order chi connectivity index (χ1) is 12.1. The number of carbonyl (C=O) groups is 1. The third kappa shape index (κ3) is 4.30. The maximum atomic E-state index is 12.9. The molecule has 5 nitrogen and oxygen atoms in total. The highest BCUT2D eigenvalue weighted by Crippen LogP contribution is 2.26. The monoisotopic (exact) mass is 363 g/mol. The highest BCUT2D eigenvalue weighted by Gasteiger charge is 2.38. The van der Waals surface area contributed by atoms with Crippen molar-refractivity contribution in [3.63, 3.8) is 0 Å². The van der Waals surface area contributed by atoms with Gasteiger partial charge in [-0.1, -0.05) is 30.4 Å². The second-order valence-corrected chi connectivity index (χ2v) is 8.61. The number of piperidine rings is 1. The van der Waals surface area contributed by atoms with Gasteiger partial charge in [-0.15, -0.1) is 0 Å². The topological polar surface area (TPSA) is 63.7 Å². The largest absolute Gasteiger partial charge is 0.464 e. The predicted molar refractivity (Wildman–Crippen MR) is 95.4 cm³/mol. The fourth-order valence-electron chi connectivity index (χ4n) is 3.46. The van der Waals surface area contributed by atoms with Crippen LogP contribution in [0.4, 0.5) is 0 Å². The molecule has 136 valence electrons. The van der Waals surface area contributed by atoms with Gasteiger partial charge in [0.25, 0.3) is 0 Å². The Morgan fingerprint density at radius 1 is 1.12 bits per heavy atom. The lowest BCUT2D eigenvalue weighted by Gasteiger charge is -2.33. The third-order valence-corrected chi connectivity index (χ3v) is 6.84. The standard InChI is InChI=1S/C19H25NO4S/c21-19(24-15-16-9-3-1-4-10-16)18-13-7-8-14-20(18)25(22,23)17-11-5-2-6-12-17/h1-3,5-6,11-12,16,18H,4,7-10,13-15H2. The zero-order valence-corrected chi connectivity index (χ0v) is 15.2. The van der Waals surface area contributed by atoms with Gasteiger partial charge in [-0.3, -0.25) is 4.79 Å². The van der Waals surface area contributed by atoms with E-state index < -0.39 is 22.0 Å². The molecule has 1 aromatic rings. The van der Waals surface area contributed by atoms with Crippen molar-refractivity contribution in [2.45, 2.75) is 49.5 Å². The molecule has 0 radical (unpaired) electrons. The van der Waals surface area contributed by atoms with E-state index in [0.717, 1.165) is 32.1 Å². The molecule has 0 amide bonds. The van der Waals surface area contributed by atoms with Crippen molar-refractivity contribution in [3.05, 3.63) is 42.5 Å². The molecule has 0 aromatic heterocycles. The van der Waals surface area contributed by atoms with E-state index in [2.05, 4.69) is 12.2 Å². The molecule has 1 aliphatic carbocycles. The molecule has 0 bridgehead atoms. The summed E-state index contributed by atoms with van der Waals surface area (Å²) in [4.78, 5) is 12.8. The highest BCUT2D eigenvalue weighted by molar-refractivity contribution is 7.89. The quantitative estimate of drug-likeness (QED) is 0.596. The fourth-order valence-corrected chi connectivity index (χ4v) is 5.13. The normalized spacial score (nSPS) is 24.8. The van der Waals surface area contributed by atoms with E-state index in [-0.39, 0.29) is 4.90 Å². The summed E-state index contributed by atoms with van der Waals surface area (Å²) in [6.45, 7) is 0.738. The van der Waals surface area contributed by atoms with Crippen LogP contribution in [0.1, 0.15) is 38.5 Å². The van der Waals surface area contributed by atoms with Gasteiger partial charge in [-0.05, 0) is 56.6 Å². The highest BCUT2D eigenvalue weighted by atomic mass is 32.2. The van der Waals surface area contributed by atoms with Gasteiger partial charge in [0.15, 0.2) is 0 Å². The molecule has 2 atom stereocenters. The van der Waals surface area contributed by atoms with Gasteiger partial charge in [0.2, 0.25) is 10.0 Å². The Morgan fingerprint density at radius 3 is 2.64 bits per heavy atom. The Hall–Kier alpha value is -1.66. The molecular weight excluding hydrogens is 338 g/mol. The lowest BCUT2D eigenvalue weighted by Crippen LogP contribution is -2.48. The van der Waals surface area contributed by atoms with Crippen molar-refractivity contribution in [1.29, 1.82) is 0 Å². The van der Waals surface area contributed by atoms with Gasteiger partial charge in [0.05, 0.1) is 11.5 Å². The van der Waals surface area contributed by atoms with Gasteiger partial charge in [0, 0.05) is 6.54 Å². The number of hydrogen-bond acceptors (Lipinski definition) is 4. The zero-order chi connectivity index (χ0) is 17.7. The molecule has 1 aliphatic heterocycles. The number of benzene rings is 1. The van der Waals surface area contributed by atoms with Crippen molar-refractivity contribution in [3.8, 4) is 0 Å². The zero-order valence-electron chi connectivity index (χ0n) is 14.3. The van der Waals surface area contributed by atoms with E-state index in [4.69, 9.17) is 4.74 Å². The SMILES string of the molecule is O=C(OCC1CC=CCC1)C1CCCCN1S(=O)(=O)c1ccccc1. The van der Waals surface area contributed by atoms with Crippen LogP contribution in [0.25, 0.3) is 0 Å². The Kier molecular flexibility index (Phi) is 5.91. The molecule has 2 unspecified atom stereocenters. The lowest BCUT2D eigenvalue weighted by molar-refractivity contribution is -0.150. The van der Waals surface area contributed by atoms with Crippen LogP contribution in [-0.2, 0) is 19.6 Å². The molecule has 1 heterocycles. The summed E-state index contributed by atoms with van der Waals surface area (Å²) in [5.41, 5.74) is 0. The molecule has 1 aromatic carbocycles. The summed E-state index contributed by atoms with van der Waals surface area (Å²) < 4.78 is 32.7. The van der Waals surface area contributed by atoms with Crippen molar-refractivity contribution < 1.29 is 17.9 Å². The van der Waals surface area contributed by atoms with Crippen LogP contribution in [0.15, 0.2) is 47.4 Å². The van der Waals surface area contributed by atoms with Gasteiger partial charge in [-0.2, -0.15) is 4.31 Å². The number of ether oxygens (including phenoxy) is 1. The van der Waals surface area contributed by atoms with Gasteiger partial charge in [-0.25, -0.2) is 8.42 Å². The molecule has 6 heteroatoms. The first-order valence-corrected chi connectivity index (χ1v) is 10.4. The number of nitrogens with zero attached hydrogens (tertiary/aromatic N) is 1. The predicted octanol–water partition coefficient (Wildman–Crippen LogP) is 3.13. The number of carbonyl (C=O) groups excluding carboxylic acids is 1. The van der Waals surface area contributed by atoms with Crippen molar-refractivity contribution in [2.75, 3.05) is 13.2 Å². The maximum absolute atomic E-state index is 12.9. The molecule has 3 rings (SSSR count). The first-order valence-electron chi connectivity index (χ1n) is 8.97. The summed E-state index contributed by atoms with van der Waals surface area (Å²) in [5.74, 6) is -0.0644. The Labute approximate surface area is 149 Å². The second kappa shape index (κ2) is 8.15. The van der Waals surface area contributed by atoms with Crippen molar-refractivity contribution in [2.24, 2.45) is 5.92 Å². The fraction of sp³-hybridized carbons (Fsp3) is 0.526. The minimum Gasteiger partial charge on any atom is -0.464 e. The summed E-state index contributed by atoms with van der Waals surface area (Å²) in [6.07, 6.45) is 9.35. The number of sulfonamides is 1. The van der Waals surface area contributed by atoms with E-state index in [1.807, 2.05) is 0 Å². The molecule has 2 aliphatic rings. The molecule has 0 N–H and O–H groups in total. The first kappa shape index (κ1) is 18.1. The lowest BCUT2D eigenvalue weighted by atomic mass is 9.95. The van der Waals surface area contributed by atoms with Crippen LogP contribution < -0.4 is 0 Å². The smallest absolute Gasteiger partial charge is 0.324 e. The molecule has 1 fully saturated rings. The van der Waals surface area contributed by atoms with Crippen molar-refractivity contribution in [1.82, 2.24) is 4.31 Å². The minimum absolute atomic E-state index is 0.229. The summed E-state index contributed by atoms with van der Waals surface area (Å²) in [7, 11) is -3.68. The average molecular weight is 363 g/mol. The summed E-state index contributed by atoms with van der Waals surface area (Å²) in [6, 6.07) is 7.60. The molecule has 0 spiro atoms. The van der Waals surface area contributed by atoms with E-state index in [9.17, 15) is 13.2 Å². The Balaban J connectivity index is 1.70. The van der Waals surface area contributed by atoms with Gasteiger partial charge >= 0.3 is 5.97 Å².